The Balaban J connectivity index is 2.34. The Hall–Kier alpha value is -1.57. The van der Waals surface area contributed by atoms with Gasteiger partial charge in [-0.3, -0.25) is 0 Å². The normalized spacial score (nSPS) is 19.2. The van der Waals surface area contributed by atoms with E-state index in [2.05, 4.69) is 81.4 Å². The summed E-state index contributed by atoms with van der Waals surface area (Å²) in [5, 5.41) is 0.387. The second-order valence-corrected chi connectivity index (χ2v) is 15.0. The van der Waals surface area contributed by atoms with Gasteiger partial charge in [0.15, 0.2) is 0 Å². The third kappa shape index (κ3) is 5.15. The summed E-state index contributed by atoms with van der Waals surface area (Å²) in [5.74, 6) is 0.569. The molecule has 0 radical (unpaired) electrons. The van der Waals surface area contributed by atoms with Gasteiger partial charge in [0.05, 0.1) is 5.30 Å². The van der Waals surface area contributed by atoms with Gasteiger partial charge >= 0.3 is 7.60 Å². The maximum Gasteiger partial charge on any atom is 0.408 e. The van der Waals surface area contributed by atoms with Gasteiger partial charge in [-0.2, -0.15) is 0 Å². The highest BCUT2D eigenvalue weighted by Crippen LogP contribution is 2.56. The lowest BCUT2D eigenvalue weighted by atomic mass is 9.68. The Morgan fingerprint density at radius 3 is 1.88 bits per heavy atom. The van der Waals surface area contributed by atoms with Crippen molar-refractivity contribution in [2.75, 3.05) is 0 Å². The van der Waals surface area contributed by atoms with E-state index in [4.69, 9.17) is 4.52 Å². The van der Waals surface area contributed by atoms with Crippen LogP contribution in [0.15, 0.2) is 36.4 Å². The smallest absolute Gasteiger partial charge is 0.408 e. The van der Waals surface area contributed by atoms with Crippen LogP contribution in [0, 0.1) is 10.8 Å². The van der Waals surface area contributed by atoms with E-state index in [9.17, 15) is 9.46 Å². The minimum Gasteiger partial charge on any atom is -0.420 e. The van der Waals surface area contributed by atoms with Crippen molar-refractivity contribution in [2.24, 2.45) is 10.8 Å². The molecule has 1 unspecified atom stereocenters. The number of rotatable bonds is 4. The number of benzene rings is 2. The summed E-state index contributed by atoms with van der Waals surface area (Å²) >= 11 is 0. The molecule has 0 aromatic heterocycles. The van der Waals surface area contributed by atoms with Gasteiger partial charge < -0.3 is 9.42 Å². The zero-order valence-electron chi connectivity index (χ0n) is 21.6. The van der Waals surface area contributed by atoms with Gasteiger partial charge in [0.25, 0.3) is 0 Å². The predicted octanol–water partition coefficient (Wildman–Crippen LogP) is 7.98. The van der Waals surface area contributed by atoms with E-state index >= 15 is 0 Å². The molecule has 1 aliphatic rings. The number of hydrogen-bond donors (Lipinski definition) is 1. The fourth-order valence-corrected chi connectivity index (χ4v) is 7.11. The van der Waals surface area contributed by atoms with E-state index in [0.717, 1.165) is 29.5 Å². The van der Waals surface area contributed by atoms with Crippen molar-refractivity contribution in [1.82, 2.24) is 0 Å². The summed E-state index contributed by atoms with van der Waals surface area (Å²) in [6.45, 7) is 22.6. The maximum absolute atomic E-state index is 13.2. The van der Waals surface area contributed by atoms with Crippen LogP contribution in [0.25, 0.3) is 11.1 Å². The molecule has 1 atom stereocenters. The summed E-state index contributed by atoms with van der Waals surface area (Å²) in [5.41, 5.74) is 3.98. The molecule has 0 saturated carbocycles. The lowest BCUT2D eigenvalue weighted by molar-refractivity contribution is 0.276. The largest absolute Gasteiger partial charge is 0.420 e. The molecule has 0 bridgehead atoms. The van der Waals surface area contributed by atoms with Crippen molar-refractivity contribution in [3.63, 3.8) is 0 Å². The fourth-order valence-electron chi connectivity index (χ4n) is 5.79. The van der Waals surface area contributed by atoms with E-state index in [1.807, 2.05) is 12.1 Å². The zero-order valence-corrected chi connectivity index (χ0v) is 22.5. The molecule has 2 aromatic carbocycles. The molecule has 0 fully saturated rings. The van der Waals surface area contributed by atoms with E-state index in [-0.39, 0.29) is 21.7 Å². The van der Waals surface area contributed by atoms with Crippen LogP contribution in [0.5, 0.6) is 5.75 Å². The van der Waals surface area contributed by atoms with E-state index < -0.39 is 7.60 Å². The minimum absolute atomic E-state index is 0.0604. The second-order valence-electron chi connectivity index (χ2n) is 13.3. The first-order valence-electron chi connectivity index (χ1n) is 11.6. The standard InChI is InChI=1S/C28H41O3P/c1-25(2,3)17-27(7,8)19-15-21-20-13-11-12-14-23(20)32(29,30)31-24(21)22(16-19)28(9,10)18-26(4,5)6/h11-16H,17-18H2,1-10H3,(H,29,30). The molecular formula is C28H41O3P. The van der Waals surface area contributed by atoms with Gasteiger partial charge in [0.2, 0.25) is 0 Å². The fraction of sp³-hybridized carbons (Fsp3) is 0.571. The van der Waals surface area contributed by atoms with E-state index in [1.165, 1.54) is 5.56 Å². The Kier molecular flexibility index (Phi) is 6.06. The molecule has 0 spiro atoms. The van der Waals surface area contributed by atoms with Crippen LogP contribution in [0.3, 0.4) is 0 Å². The molecule has 176 valence electrons. The molecule has 3 nitrogen and oxygen atoms in total. The third-order valence-electron chi connectivity index (χ3n) is 6.26. The molecule has 0 aliphatic carbocycles. The van der Waals surface area contributed by atoms with Crippen molar-refractivity contribution >= 4 is 12.9 Å². The summed E-state index contributed by atoms with van der Waals surface area (Å²) in [7, 11) is -3.95. The highest BCUT2D eigenvalue weighted by molar-refractivity contribution is 7.62. The molecule has 2 aromatic rings. The number of fused-ring (bicyclic) bond motifs is 3. The molecule has 32 heavy (non-hydrogen) atoms. The van der Waals surface area contributed by atoms with Gasteiger partial charge in [-0.05, 0) is 52.2 Å². The summed E-state index contributed by atoms with van der Waals surface area (Å²) in [4.78, 5) is 10.8. The third-order valence-corrected chi connectivity index (χ3v) is 7.69. The molecule has 1 heterocycles. The number of hydrogen-bond acceptors (Lipinski definition) is 2. The van der Waals surface area contributed by atoms with Crippen molar-refractivity contribution in [2.45, 2.75) is 92.9 Å². The monoisotopic (exact) mass is 456 g/mol. The van der Waals surface area contributed by atoms with Crippen LogP contribution in [-0.2, 0) is 15.4 Å². The Bertz CT molecular complexity index is 1070. The predicted molar refractivity (Wildman–Crippen MR) is 136 cm³/mol. The first-order chi connectivity index (χ1) is 14.3. The molecule has 0 amide bonds. The highest BCUT2D eigenvalue weighted by atomic mass is 31.2. The van der Waals surface area contributed by atoms with Crippen LogP contribution >= 0.6 is 7.60 Å². The lowest BCUT2D eigenvalue weighted by Crippen LogP contribution is -2.30. The molecule has 1 N–H and O–H groups in total. The molecule has 1 aliphatic heterocycles. The van der Waals surface area contributed by atoms with Gasteiger partial charge in [-0.25, -0.2) is 4.57 Å². The van der Waals surface area contributed by atoms with Crippen LogP contribution in [0.1, 0.15) is 93.2 Å². The molecule has 3 rings (SSSR count). The van der Waals surface area contributed by atoms with Crippen LogP contribution < -0.4 is 9.83 Å². The zero-order chi connectivity index (χ0) is 24.3. The van der Waals surface area contributed by atoms with Crippen LogP contribution in [0.4, 0.5) is 0 Å². The van der Waals surface area contributed by atoms with Gasteiger partial charge in [-0.15, -0.1) is 0 Å². The second kappa shape index (κ2) is 7.74. The van der Waals surface area contributed by atoms with E-state index in [0.29, 0.717) is 11.1 Å². The Morgan fingerprint density at radius 1 is 0.781 bits per heavy atom. The summed E-state index contributed by atoms with van der Waals surface area (Å²) in [6, 6.07) is 11.8. The van der Waals surface area contributed by atoms with Crippen molar-refractivity contribution in [1.29, 1.82) is 0 Å². The molecular weight excluding hydrogens is 415 g/mol. The summed E-state index contributed by atoms with van der Waals surface area (Å²) < 4.78 is 19.1. The maximum atomic E-state index is 13.2. The van der Waals surface area contributed by atoms with Crippen molar-refractivity contribution < 1.29 is 14.0 Å². The van der Waals surface area contributed by atoms with Crippen molar-refractivity contribution in [3.05, 3.63) is 47.5 Å². The van der Waals surface area contributed by atoms with E-state index in [1.54, 1.807) is 12.1 Å². The first-order valence-corrected chi connectivity index (χ1v) is 13.2. The van der Waals surface area contributed by atoms with Crippen LogP contribution in [0.2, 0.25) is 0 Å². The topological polar surface area (TPSA) is 46.5 Å². The quantitative estimate of drug-likeness (QED) is 0.474. The highest BCUT2D eigenvalue weighted by Gasteiger charge is 2.41. The van der Waals surface area contributed by atoms with Crippen molar-refractivity contribution in [3.8, 4) is 16.9 Å². The first kappa shape index (κ1) is 25.1. The van der Waals surface area contributed by atoms with Gasteiger partial charge in [-0.1, -0.05) is 93.5 Å². The van der Waals surface area contributed by atoms with Crippen LogP contribution in [-0.4, -0.2) is 4.89 Å². The van der Waals surface area contributed by atoms with Gasteiger partial charge in [0, 0.05) is 16.7 Å². The minimum atomic E-state index is -3.95. The molecule has 0 saturated heterocycles. The van der Waals surface area contributed by atoms with Gasteiger partial charge in [0.1, 0.15) is 5.75 Å². The molecule has 4 heteroatoms. The lowest BCUT2D eigenvalue weighted by Gasteiger charge is -2.39. The summed E-state index contributed by atoms with van der Waals surface area (Å²) in [6.07, 6.45) is 1.95. The SMILES string of the molecule is CC(C)(C)CC(C)(C)c1cc2c(c(C(C)(C)CC(C)(C)C)c1)OP(=O)(O)c1ccccc1-2. The Labute approximate surface area is 195 Å². The average molecular weight is 457 g/mol. The average Bonchev–Trinajstić information content (AvgIpc) is 2.56. The Morgan fingerprint density at radius 2 is 1.31 bits per heavy atom.